The van der Waals surface area contributed by atoms with Gasteiger partial charge < -0.3 is 10.1 Å². The van der Waals surface area contributed by atoms with E-state index in [9.17, 15) is 4.79 Å². The number of allylic oxidation sites excluding steroid dienone is 1. The van der Waals surface area contributed by atoms with Gasteiger partial charge in [-0.15, -0.1) is 0 Å². The zero-order chi connectivity index (χ0) is 14.1. The highest BCUT2D eigenvalue weighted by Crippen LogP contribution is 2.23. The van der Waals surface area contributed by atoms with Crippen LogP contribution in [0.15, 0.2) is 36.4 Å². The molecule has 0 radical (unpaired) electrons. The second-order valence-corrected chi connectivity index (χ2v) is 4.30. The number of benzene rings is 1. The van der Waals surface area contributed by atoms with E-state index in [0.717, 1.165) is 12.0 Å². The molecule has 0 atom stereocenters. The van der Waals surface area contributed by atoms with Crippen molar-refractivity contribution in [3.8, 4) is 5.75 Å². The van der Waals surface area contributed by atoms with Gasteiger partial charge in [-0.05, 0) is 37.6 Å². The summed E-state index contributed by atoms with van der Waals surface area (Å²) in [6, 6.07) is 5.27. The molecule has 4 heteroatoms. The topological polar surface area (TPSA) is 38.3 Å². The first-order chi connectivity index (χ1) is 9.17. The van der Waals surface area contributed by atoms with Crippen LogP contribution >= 0.6 is 11.6 Å². The average Bonchev–Trinajstić information content (AvgIpc) is 2.41. The Bertz CT molecular complexity index is 481. The molecule has 1 aromatic rings. The second-order valence-electron chi connectivity index (χ2n) is 3.87. The second kappa shape index (κ2) is 8.38. The van der Waals surface area contributed by atoms with Gasteiger partial charge in [0.05, 0.1) is 7.11 Å². The lowest BCUT2D eigenvalue weighted by Crippen LogP contribution is -2.21. The van der Waals surface area contributed by atoms with Crippen molar-refractivity contribution in [1.82, 2.24) is 5.32 Å². The van der Waals surface area contributed by atoms with Gasteiger partial charge in [0.15, 0.2) is 0 Å². The van der Waals surface area contributed by atoms with Crippen molar-refractivity contribution in [1.29, 1.82) is 0 Å². The Hall–Kier alpha value is -1.74. The quantitative estimate of drug-likeness (QED) is 0.492. The molecule has 0 spiro atoms. The summed E-state index contributed by atoms with van der Waals surface area (Å²) in [7, 11) is 1.58. The Morgan fingerprint density at radius 1 is 1.47 bits per heavy atom. The minimum Gasteiger partial charge on any atom is -0.496 e. The Morgan fingerprint density at radius 2 is 2.26 bits per heavy atom. The summed E-state index contributed by atoms with van der Waals surface area (Å²) in [5.74, 6) is 0.550. The van der Waals surface area contributed by atoms with Crippen molar-refractivity contribution in [3.05, 3.63) is 47.0 Å². The number of hydrogen-bond donors (Lipinski definition) is 1. The van der Waals surface area contributed by atoms with Crippen LogP contribution in [0.5, 0.6) is 5.75 Å². The van der Waals surface area contributed by atoms with Crippen LogP contribution in [-0.4, -0.2) is 19.6 Å². The van der Waals surface area contributed by atoms with E-state index in [4.69, 9.17) is 16.3 Å². The standard InChI is InChI=1S/C15H18ClNO2/c1-3-4-5-10-17-15(18)9-6-12-11-13(16)7-8-14(12)19-2/h3-4,6-9,11H,5,10H2,1-2H3,(H,17,18)/b4-3+,9-6+. The SMILES string of the molecule is C/C=C/CCNC(=O)/C=C/c1cc(Cl)ccc1OC. The summed E-state index contributed by atoms with van der Waals surface area (Å²) in [5.41, 5.74) is 0.776. The molecule has 0 unspecified atom stereocenters. The summed E-state index contributed by atoms with van der Waals surface area (Å²) in [4.78, 5) is 11.6. The van der Waals surface area contributed by atoms with E-state index in [0.29, 0.717) is 17.3 Å². The van der Waals surface area contributed by atoms with Crippen LogP contribution < -0.4 is 10.1 Å². The largest absolute Gasteiger partial charge is 0.496 e. The molecule has 0 aromatic heterocycles. The molecule has 0 bridgehead atoms. The number of carbonyl (C=O) groups excluding carboxylic acids is 1. The van der Waals surface area contributed by atoms with Crippen LogP contribution in [0.3, 0.4) is 0 Å². The van der Waals surface area contributed by atoms with Crippen molar-refractivity contribution in [3.63, 3.8) is 0 Å². The molecule has 0 aliphatic rings. The van der Waals surface area contributed by atoms with Crippen LogP contribution in [0.4, 0.5) is 0 Å². The van der Waals surface area contributed by atoms with E-state index >= 15 is 0 Å². The smallest absolute Gasteiger partial charge is 0.244 e. The Balaban J connectivity index is 2.60. The van der Waals surface area contributed by atoms with E-state index in [-0.39, 0.29) is 5.91 Å². The molecule has 0 heterocycles. The third-order valence-corrected chi connectivity index (χ3v) is 2.69. The molecule has 1 N–H and O–H groups in total. The van der Waals surface area contributed by atoms with Crippen molar-refractivity contribution in [2.75, 3.05) is 13.7 Å². The zero-order valence-corrected chi connectivity index (χ0v) is 11.9. The lowest BCUT2D eigenvalue weighted by molar-refractivity contribution is -0.116. The fourth-order valence-electron chi connectivity index (χ4n) is 1.51. The number of hydrogen-bond acceptors (Lipinski definition) is 2. The summed E-state index contributed by atoms with van der Waals surface area (Å²) < 4.78 is 5.19. The van der Waals surface area contributed by atoms with Crippen LogP contribution in [0, 0.1) is 0 Å². The molecule has 3 nitrogen and oxygen atoms in total. The van der Waals surface area contributed by atoms with Gasteiger partial charge in [0.25, 0.3) is 0 Å². The van der Waals surface area contributed by atoms with E-state index in [1.165, 1.54) is 6.08 Å². The maximum absolute atomic E-state index is 11.6. The Morgan fingerprint density at radius 3 is 2.95 bits per heavy atom. The number of methoxy groups -OCH3 is 1. The van der Waals surface area contributed by atoms with Crippen LogP contribution in [0.1, 0.15) is 18.9 Å². The third kappa shape index (κ3) is 5.62. The molecular weight excluding hydrogens is 262 g/mol. The van der Waals surface area contributed by atoms with E-state index in [1.54, 1.807) is 31.4 Å². The van der Waals surface area contributed by atoms with Crippen molar-refractivity contribution >= 4 is 23.6 Å². The van der Waals surface area contributed by atoms with Gasteiger partial charge in [0, 0.05) is 23.2 Å². The maximum Gasteiger partial charge on any atom is 0.244 e. The van der Waals surface area contributed by atoms with Gasteiger partial charge >= 0.3 is 0 Å². The summed E-state index contributed by atoms with van der Waals surface area (Å²) in [6.45, 7) is 2.58. The van der Waals surface area contributed by atoms with Crippen LogP contribution in [0.2, 0.25) is 5.02 Å². The fourth-order valence-corrected chi connectivity index (χ4v) is 1.69. The highest BCUT2D eigenvalue weighted by atomic mass is 35.5. The lowest BCUT2D eigenvalue weighted by atomic mass is 10.2. The van der Waals surface area contributed by atoms with Gasteiger partial charge in [-0.25, -0.2) is 0 Å². The predicted octanol–water partition coefficient (Wildman–Crippen LogP) is 3.44. The van der Waals surface area contributed by atoms with Gasteiger partial charge in [-0.2, -0.15) is 0 Å². The molecule has 19 heavy (non-hydrogen) atoms. The van der Waals surface area contributed by atoms with Crippen molar-refractivity contribution < 1.29 is 9.53 Å². The molecule has 1 amide bonds. The zero-order valence-electron chi connectivity index (χ0n) is 11.2. The maximum atomic E-state index is 11.6. The van der Waals surface area contributed by atoms with Crippen LogP contribution in [-0.2, 0) is 4.79 Å². The number of halogens is 1. The highest BCUT2D eigenvalue weighted by molar-refractivity contribution is 6.30. The number of carbonyl (C=O) groups is 1. The molecule has 102 valence electrons. The van der Waals surface area contributed by atoms with E-state index in [1.807, 2.05) is 19.1 Å². The first kappa shape index (κ1) is 15.3. The fraction of sp³-hybridized carbons (Fsp3) is 0.267. The molecule has 1 rings (SSSR count). The van der Waals surface area contributed by atoms with Gasteiger partial charge in [0.1, 0.15) is 5.75 Å². The first-order valence-electron chi connectivity index (χ1n) is 6.08. The molecule has 0 saturated heterocycles. The van der Waals surface area contributed by atoms with Gasteiger partial charge in [-0.1, -0.05) is 23.8 Å². The number of rotatable bonds is 6. The molecule has 0 saturated carbocycles. The number of nitrogens with one attached hydrogen (secondary N) is 1. The number of amides is 1. The Labute approximate surface area is 118 Å². The minimum atomic E-state index is -0.133. The molecule has 0 aliphatic heterocycles. The Kier molecular flexibility index (Phi) is 6.75. The average molecular weight is 280 g/mol. The van der Waals surface area contributed by atoms with Gasteiger partial charge in [-0.3, -0.25) is 4.79 Å². The van der Waals surface area contributed by atoms with Crippen molar-refractivity contribution in [2.24, 2.45) is 0 Å². The van der Waals surface area contributed by atoms with Crippen molar-refractivity contribution in [2.45, 2.75) is 13.3 Å². The summed E-state index contributed by atoms with van der Waals surface area (Å²) >= 11 is 5.91. The third-order valence-electron chi connectivity index (χ3n) is 2.45. The van der Waals surface area contributed by atoms with E-state index < -0.39 is 0 Å². The summed E-state index contributed by atoms with van der Waals surface area (Å²) in [6.07, 6.45) is 7.96. The molecule has 0 fully saturated rings. The number of ether oxygens (including phenoxy) is 1. The lowest BCUT2D eigenvalue weighted by Gasteiger charge is -2.04. The van der Waals surface area contributed by atoms with Crippen LogP contribution in [0.25, 0.3) is 6.08 Å². The molecule has 0 aliphatic carbocycles. The monoisotopic (exact) mass is 279 g/mol. The summed E-state index contributed by atoms with van der Waals surface area (Å²) in [5, 5.41) is 3.39. The predicted molar refractivity (Wildman–Crippen MR) is 79.5 cm³/mol. The normalized spacial score (nSPS) is 11.1. The highest BCUT2D eigenvalue weighted by Gasteiger charge is 2.01. The first-order valence-corrected chi connectivity index (χ1v) is 6.45. The van der Waals surface area contributed by atoms with Gasteiger partial charge in [0.2, 0.25) is 5.91 Å². The minimum absolute atomic E-state index is 0.133. The molecular formula is C15H18ClNO2. The van der Waals surface area contributed by atoms with E-state index in [2.05, 4.69) is 5.32 Å². The molecule has 1 aromatic carbocycles.